The molecule has 0 amide bonds. The smallest absolute Gasteiger partial charge is 0.460 e. The van der Waals surface area contributed by atoms with Gasteiger partial charge in [-0.3, -0.25) is 9.48 Å². The van der Waals surface area contributed by atoms with Crippen molar-refractivity contribution in [1.29, 1.82) is 0 Å². The summed E-state index contributed by atoms with van der Waals surface area (Å²) in [5, 5.41) is 4.28. The van der Waals surface area contributed by atoms with Gasteiger partial charge in [-0.05, 0) is 41.5 Å². The lowest BCUT2D eigenvalue weighted by atomic mass is 9.82. The zero-order chi connectivity index (χ0) is 15.9. The minimum absolute atomic E-state index is 0.375. The van der Waals surface area contributed by atoms with E-state index in [-0.39, 0.29) is 11.2 Å². The van der Waals surface area contributed by atoms with E-state index in [0.717, 1.165) is 5.46 Å². The number of nitrogens with zero attached hydrogens (tertiary/aromatic N) is 2. The fourth-order valence-electron chi connectivity index (χ4n) is 2.12. The van der Waals surface area contributed by atoms with E-state index in [1.807, 2.05) is 47.7 Å². The summed E-state index contributed by atoms with van der Waals surface area (Å²) in [6.07, 6.45) is 3.58. The molecule has 6 nitrogen and oxygen atoms in total. The van der Waals surface area contributed by atoms with Gasteiger partial charge < -0.3 is 14.0 Å². The van der Waals surface area contributed by atoms with Gasteiger partial charge in [0.1, 0.15) is 5.60 Å². The molecule has 1 aliphatic heterocycles. The Kier molecular flexibility index (Phi) is 3.93. The van der Waals surface area contributed by atoms with Crippen LogP contribution in [0.5, 0.6) is 0 Å². The Labute approximate surface area is 125 Å². The van der Waals surface area contributed by atoms with Gasteiger partial charge in [0.05, 0.1) is 17.7 Å². The fraction of sp³-hybridized carbons (Fsp3) is 0.714. The van der Waals surface area contributed by atoms with Gasteiger partial charge in [0.2, 0.25) is 0 Å². The van der Waals surface area contributed by atoms with Crippen molar-refractivity contribution in [3.05, 3.63) is 12.4 Å². The van der Waals surface area contributed by atoms with Crippen LogP contribution < -0.4 is 5.46 Å². The van der Waals surface area contributed by atoms with E-state index in [1.165, 1.54) is 0 Å². The molecule has 7 heteroatoms. The lowest BCUT2D eigenvalue weighted by molar-refractivity contribution is -0.141. The quantitative estimate of drug-likeness (QED) is 0.602. The predicted octanol–water partition coefficient (Wildman–Crippen LogP) is 1.13. The maximum atomic E-state index is 10.5. The van der Waals surface area contributed by atoms with Crippen LogP contribution in [0.4, 0.5) is 0 Å². The van der Waals surface area contributed by atoms with E-state index in [4.69, 9.17) is 14.0 Å². The number of ether oxygens (including phenoxy) is 1. The number of aromatic nitrogens is 2. The maximum absolute atomic E-state index is 10.5. The molecule has 1 saturated heterocycles. The van der Waals surface area contributed by atoms with Crippen LogP contribution >= 0.6 is 0 Å². The van der Waals surface area contributed by atoms with Gasteiger partial charge in [-0.1, -0.05) is 0 Å². The average molecular weight is 294 g/mol. The van der Waals surface area contributed by atoms with Crippen LogP contribution in [0.1, 0.15) is 41.5 Å². The van der Waals surface area contributed by atoms with Crippen LogP contribution in [-0.4, -0.2) is 40.2 Å². The average Bonchev–Trinajstić information content (AvgIpc) is 2.81. The maximum Gasteiger partial charge on any atom is 0.498 e. The Hall–Kier alpha value is -1.34. The third-order valence-electron chi connectivity index (χ3n) is 4.09. The van der Waals surface area contributed by atoms with Gasteiger partial charge in [0, 0.05) is 17.9 Å². The summed E-state index contributed by atoms with van der Waals surface area (Å²) in [5.41, 5.74) is -0.504. The van der Waals surface area contributed by atoms with E-state index in [1.54, 1.807) is 10.9 Å². The Morgan fingerprint density at radius 3 is 2.43 bits per heavy atom. The second-order valence-corrected chi connectivity index (χ2v) is 7.03. The summed E-state index contributed by atoms with van der Waals surface area (Å²) < 4.78 is 18.7. The highest BCUT2D eigenvalue weighted by molar-refractivity contribution is 6.61. The van der Waals surface area contributed by atoms with Gasteiger partial charge in [0.25, 0.3) is 6.47 Å². The van der Waals surface area contributed by atoms with Crippen LogP contribution in [0.2, 0.25) is 0 Å². The molecule has 0 aromatic carbocycles. The second kappa shape index (κ2) is 5.14. The number of carbonyl (C=O) groups is 1. The molecule has 0 spiro atoms. The Bertz CT molecular complexity index is 509. The van der Waals surface area contributed by atoms with Crippen molar-refractivity contribution >= 4 is 19.1 Å². The van der Waals surface area contributed by atoms with Crippen LogP contribution in [0.15, 0.2) is 12.4 Å². The molecular weight excluding hydrogens is 271 g/mol. The second-order valence-electron chi connectivity index (χ2n) is 7.03. The highest BCUT2D eigenvalue weighted by atomic mass is 16.7. The summed E-state index contributed by atoms with van der Waals surface area (Å²) in [4.78, 5) is 10.5. The lowest BCUT2D eigenvalue weighted by Crippen LogP contribution is -2.41. The number of hydrogen-bond acceptors (Lipinski definition) is 5. The van der Waals surface area contributed by atoms with Gasteiger partial charge in [-0.25, -0.2) is 0 Å². The summed E-state index contributed by atoms with van der Waals surface area (Å²) in [7, 11) is -0.432. The lowest BCUT2D eigenvalue weighted by Gasteiger charge is -2.32. The summed E-state index contributed by atoms with van der Waals surface area (Å²) in [5.74, 6) is 0. The van der Waals surface area contributed by atoms with Crippen molar-refractivity contribution in [2.24, 2.45) is 0 Å². The van der Waals surface area contributed by atoms with Crippen molar-refractivity contribution in [2.45, 2.75) is 64.9 Å². The van der Waals surface area contributed by atoms with Crippen LogP contribution in [0, 0.1) is 0 Å². The number of carbonyl (C=O) groups excluding carboxylic acids is 1. The molecule has 2 rings (SSSR count). The predicted molar refractivity (Wildman–Crippen MR) is 79.2 cm³/mol. The molecule has 0 aliphatic carbocycles. The Morgan fingerprint density at radius 1 is 1.33 bits per heavy atom. The third kappa shape index (κ3) is 3.29. The van der Waals surface area contributed by atoms with Crippen molar-refractivity contribution < 1.29 is 18.8 Å². The van der Waals surface area contributed by atoms with Crippen LogP contribution in [-0.2, 0) is 25.4 Å². The van der Waals surface area contributed by atoms with Crippen molar-refractivity contribution in [2.75, 3.05) is 0 Å². The molecule has 0 radical (unpaired) electrons. The molecular formula is C14H23BN2O4. The molecule has 116 valence electrons. The van der Waals surface area contributed by atoms with Crippen molar-refractivity contribution in [3.63, 3.8) is 0 Å². The summed E-state index contributed by atoms with van der Waals surface area (Å²) in [6.45, 7) is 12.6. The molecule has 0 bridgehead atoms. The van der Waals surface area contributed by atoms with E-state index in [2.05, 4.69) is 5.10 Å². The zero-order valence-electron chi connectivity index (χ0n) is 13.5. The first-order valence-corrected chi connectivity index (χ1v) is 7.06. The first-order valence-electron chi connectivity index (χ1n) is 7.06. The van der Waals surface area contributed by atoms with Gasteiger partial charge in [-0.15, -0.1) is 0 Å². The Balaban J connectivity index is 2.10. The SMILES string of the molecule is CC(C)(Cn1cc(B2OC(C)(C)C(C)(C)O2)cn1)OC=O. The number of hydrogen-bond donors (Lipinski definition) is 0. The Morgan fingerprint density at radius 2 is 1.90 bits per heavy atom. The zero-order valence-corrected chi connectivity index (χ0v) is 13.5. The number of rotatable bonds is 5. The molecule has 1 fully saturated rings. The van der Waals surface area contributed by atoms with Crippen molar-refractivity contribution in [3.8, 4) is 0 Å². The van der Waals surface area contributed by atoms with E-state index >= 15 is 0 Å². The van der Waals surface area contributed by atoms with Gasteiger partial charge in [-0.2, -0.15) is 5.10 Å². The van der Waals surface area contributed by atoms with Gasteiger partial charge in [0.15, 0.2) is 0 Å². The first kappa shape index (κ1) is 16.0. The van der Waals surface area contributed by atoms with Crippen LogP contribution in [0.25, 0.3) is 0 Å². The minimum atomic E-state index is -0.610. The largest absolute Gasteiger partial charge is 0.498 e. The molecule has 0 N–H and O–H groups in total. The molecule has 1 aromatic heterocycles. The standard InChI is InChI=1S/C14H23BN2O4/c1-12(2,19-10-18)9-17-8-11(7-16-17)15-20-13(3,4)14(5,6)21-15/h7-8,10H,9H2,1-6H3. The van der Waals surface area contributed by atoms with E-state index in [9.17, 15) is 4.79 Å². The molecule has 1 aliphatic rings. The molecule has 0 atom stereocenters. The van der Waals surface area contributed by atoms with E-state index < -0.39 is 12.7 Å². The van der Waals surface area contributed by atoms with Gasteiger partial charge >= 0.3 is 7.12 Å². The molecule has 0 saturated carbocycles. The normalized spacial score (nSPS) is 20.6. The van der Waals surface area contributed by atoms with Crippen LogP contribution in [0.3, 0.4) is 0 Å². The molecule has 2 heterocycles. The van der Waals surface area contributed by atoms with E-state index in [0.29, 0.717) is 13.0 Å². The summed E-state index contributed by atoms with van der Waals surface area (Å²) >= 11 is 0. The topological polar surface area (TPSA) is 62.6 Å². The summed E-state index contributed by atoms with van der Waals surface area (Å²) in [6, 6.07) is 0. The highest BCUT2D eigenvalue weighted by Gasteiger charge is 2.52. The minimum Gasteiger partial charge on any atom is -0.460 e. The third-order valence-corrected chi connectivity index (χ3v) is 4.09. The molecule has 1 aromatic rings. The highest BCUT2D eigenvalue weighted by Crippen LogP contribution is 2.36. The van der Waals surface area contributed by atoms with Crippen molar-refractivity contribution in [1.82, 2.24) is 9.78 Å². The fourth-order valence-corrected chi connectivity index (χ4v) is 2.12. The molecule has 0 unspecified atom stereocenters. The molecule has 21 heavy (non-hydrogen) atoms. The first-order chi connectivity index (χ1) is 9.56. The monoisotopic (exact) mass is 294 g/mol.